The van der Waals surface area contributed by atoms with Gasteiger partial charge in [-0.25, -0.2) is 9.97 Å². The third-order valence-corrected chi connectivity index (χ3v) is 6.88. The Balaban J connectivity index is 1.57. The average molecular weight is 440 g/mol. The van der Waals surface area contributed by atoms with Gasteiger partial charge in [0.05, 0.1) is 15.7 Å². The molecule has 1 atom stereocenters. The van der Waals surface area contributed by atoms with Crippen LogP contribution in [0.4, 0.5) is 17.2 Å². The minimum absolute atomic E-state index is 0.276. The van der Waals surface area contributed by atoms with E-state index in [1.807, 2.05) is 29.5 Å². The molecule has 0 bridgehead atoms. The molecule has 1 aliphatic rings. The summed E-state index contributed by atoms with van der Waals surface area (Å²) in [5.74, 6) is 0.847. The first-order chi connectivity index (χ1) is 14.6. The van der Waals surface area contributed by atoms with E-state index < -0.39 is 0 Å². The molecule has 0 spiro atoms. The molecule has 0 fully saturated rings. The number of hydrogen-bond donors (Lipinski definition) is 2. The molecule has 0 amide bonds. The maximum atomic E-state index is 4.75. The van der Waals surface area contributed by atoms with Crippen molar-refractivity contribution in [3.05, 3.63) is 53.1 Å². The molecule has 0 saturated carbocycles. The molecule has 0 aliphatic carbocycles. The zero-order chi connectivity index (χ0) is 20.9. The number of hydrogen-bond acceptors (Lipinski definition) is 7. The first kappa shape index (κ1) is 21.0. The first-order valence-electron chi connectivity index (χ1n) is 10.6. The van der Waals surface area contributed by atoms with Gasteiger partial charge in [-0.2, -0.15) is 0 Å². The van der Waals surface area contributed by atoms with E-state index in [1.165, 1.54) is 29.5 Å². The van der Waals surface area contributed by atoms with Gasteiger partial charge in [0, 0.05) is 48.0 Å². The summed E-state index contributed by atoms with van der Waals surface area (Å²) < 4.78 is 1.17. The van der Waals surface area contributed by atoms with Crippen LogP contribution in [0.3, 0.4) is 0 Å². The second kappa shape index (κ2) is 9.71. The maximum Gasteiger partial charge on any atom is 0.132 e. The van der Waals surface area contributed by atoms with E-state index in [-0.39, 0.29) is 5.37 Å². The highest BCUT2D eigenvalue weighted by molar-refractivity contribution is 8.02. The van der Waals surface area contributed by atoms with Gasteiger partial charge in [0.1, 0.15) is 11.2 Å². The highest BCUT2D eigenvalue weighted by atomic mass is 32.2. The summed E-state index contributed by atoms with van der Waals surface area (Å²) in [6.45, 7) is 7.68. The number of unbranched alkanes of at least 4 members (excludes halogenated alkanes) is 2. The van der Waals surface area contributed by atoms with Gasteiger partial charge in [-0.1, -0.05) is 19.8 Å². The van der Waals surface area contributed by atoms with E-state index in [1.54, 1.807) is 11.3 Å². The topological polar surface area (TPSA) is 53.1 Å². The van der Waals surface area contributed by atoms with E-state index in [9.17, 15) is 0 Å². The lowest BCUT2D eigenvalue weighted by Gasteiger charge is -2.27. The van der Waals surface area contributed by atoms with Crippen molar-refractivity contribution in [1.82, 2.24) is 14.9 Å². The molecule has 0 radical (unpaired) electrons. The standard InChI is InChI=1S/C23H29N5S2/c1-4-5-6-9-28-10-11-29-23(28)18-14-24-22(13-20(18)26-16(2)3)27-17-7-8-19-21(12-17)30-15-25-19/h7-8,10-16,23H,4-6,9H2,1-3H3,(H2,24,26,27). The summed E-state index contributed by atoms with van der Waals surface area (Å²) in [4.78, 5) is 11.5. The third kappa shape index (κ3) is 4.90. The number of thiazole rings is 1. The summed E-state index contributed by atoms with van der Waals surface area (Å²) in [6.07, 6.45) is 7.98. The molecule has 3 aromatic rings. The number of anilines is 3. The van der Waals surface area contributed by atoms with E-state index in [0.29, 0.717) is 6.04 Å². The zero-order valence-corrected chi connectivity index (χ0v) is 19.4. The van der Waals surface area contributed by atoms with Crippen LogP contribution >= 0.6 is 23.1 Å². The molecule has 30 heavy (non-hydrogen) atoms. The number of nitrogens with zero attached hydrogens (tertiary/aromatic N) is 3. The number of fused-ring (bicyclic) bond motifs is 1. The van der Waals surface area contributed by atoms with Crippen LogP contribution in [0.25, 0.3) is 10.2 Å². The van der Waals surface area contributed by atoms with E-state index >= 15 is 0 Å². The summed E-state index contributed by atoms with van der Waals surface area (Å²) in [5.41, 5.74) is 6.32. The first-order valence-corrected chi connectivity index (χ1v) is 12.4. The second-order valence-corrected chi connectivity index (χ2v) is 9.71. The Bertz CT molecular complexity index is 1010. The lowest BCUT2D eigenvalue weighted by molar-refractivity contribution is 0.356. The van der Waals surface area contributed by atoms with Gasteiger partial charge >= 0.3 is 0 Å². The molecular formula is C23H29N5S2. The number of benzene rings is 1. The van der Waals surface area contributed by atoms with Crippen LogP contribution in [0.15, 0.2) is 47.6 Å². The highest BCUT2D eigenvalue weighted by Crippen LogP contribution is 2.42. The molecular weight excluding hydrogens is 410 g/mol. The van der Waals surface area contributed by atoms with Gasteiger partial charge in [0.15, 0.2) is 0 Å². The monoisotopic (exact) mass is 439 g/mol. The van der Waals surface area contributed by atoms with Crippen LogP contribution in [-0.2, 0) is 0 Å². The fourth-order valence-corrected chi connectivity index (χ4v) is 5.34. The molecule has 5 nitrogen and oxygen atoms in total. The predicted octanol–water partition coefficient (Wildman–Crippen LogP) is 6.96. The number of nitrogens with one attached hydrogen (secondary N) is 2. The van der Waals surface area contributed by atoms with Crippen molar-refractivity contribution >= 4 is 50.5 Å². The summed E-state index contributed by atoms with van der Waals surface area (Å²) in [5, 5.41) is 9.57. The molecule has 4 rings (SSSR count). The molecule has 1 unspecified atom stereocenters. The Morgan fingerprint density at radius 3 is 2.90 bits per heavy atom. The quantitative estimate of drug-likeness (QED) is 0.351. The van der Waals surface area contributed by atoms with Gasteiger partial charge < -0.3 is 15.5 Å². The Kier molecular flexibility index (Phi) is 6.79. The molecule has 3 heterocycles. The molecule has 1 aromatic carbocycles. The van der Waals surface area contributed by atoms with Crippen LogP contribution in [-0.4, -0.2) is 27.5 Å². The van der Waals surface area contributed by atoms with E-state index in [2.05, 4.69) is 71.1 Å². The lowest BCUT2D eigenvalue weighted by Crippen LogP contribution is -2.22. The van der Waals surface area contributed by atoms with Crippen LogP contribution in [0.5, 0.6) is 0 Å². The third-order valence-electron chi connectivity index (χ3n) is 5.03. The Morgan fingerprint density at radius 2 is 2.07 bits per heavy atom. The second-order valence-electron chi connectivity index (χ2n) is 7.83. The van der Waals surface area contributed by atoms with Crippen LogP contribution in [0.1, 0.15) is 51.0 Å². The number of thioether (sulfide) groups is 1. The van der Waals surface area contributed by atoms with E-state index in [4.69, 9.17) is 4.98 Å². The van der Waals surface area contributed by atoms with Crippen LogP contribution in [0, 0.1) is 0 Å². The number of pyridine rings is 1. The Morgan fingerprint density at radius 1 is 1.17 bits per heavy atom. The fraction of sp³-hybridized carbons (Fsp3) is 0.391. The normalized spacial score (nSPS) is 16.0. The van der Waals surface area contributed by atoms with Crippen molar-refractivity contribution in [2.45, 2.75) is 51.4 Å². The summed E-state index contributed by atoms with van der Waals surface area (Å²) in [6, 6.07) is 8.71. The van der Waals surface area contributed by atoms with Crippen molar-refractivity contribution in [2.75, 3.05) is 17.2 Å². The molecule has 0 saturated heterocycles. The van der Waals surface area contributed by atoms with Crippen LogP contribution in [0.2, 0.25) is 0 Å². The predicted molar refractivity (Wildman–Crippen MR) is 132 cm³/mol. The van der Waals surface area contributed by atoms with Crippen molar-refractivity contribution in [2.24, 2.45) is 0 Å². The molecule has 158 valence electrons. The van der Waals surface area contributed by atoms with Gasteiger partial charge in [-0.15, -0.1) is 23.1 Å². The number of rotatable bonds is 9. The Hall–Kier alpha value is -2.25. The van der Waals surface area contributed by atoms with Gasteiger partial charge in [0.25, 0.3) is 0 Å². The van der Waals surface area contributed by atoms with Gasteiger partial charge in [-0.3, -0.25) is 0 Å². The molecule has 1 aliphatic heterocycles. The summed E-state index contributed by atoms with van der Waals surface area (Å²) >= 11 is 3.51. The number of aromatic nitrogens is 2. The van der Waals surface area contributed by atoms with Crippen LogP contribution < -0.4 is 10.6 Å². The zero-order valence-electron chi connectivity index (χ0n) is 17.8. The average Bonchev–Trinajstić information content (AvgIpc) is 3.37. The molecule has 2 N–H and O–H groups in total. The SMILES string of the molecule is CCCCCN1C=CSC1c1cnc(Nc2ccc3ncsc3c2)cc1NC(C)C. The lowest BCUT2D eigenvalue weighted by atomic mass is 10.1. The molecule has 2 aromatic heterocycles. The van der Waals surface area contributed by atoms with Gasteiger partial charge in [-0.05, 0) is 43.9 Å². The minimum Gasteiger partial charge on any atom is -0.382 e. The highest BCUT2D eigenvalue weighted by Gasteiger charge is 2.25. The smallest absolute Gasteiger partial charge is 0.132 e. The largest absolute Gasteiger partial charge is 0.382 e. The van der Waals surface area contributed by atoms with Crippen molar-refractivity contribution in [1.29, 1.82) is 0 Å². The molecule has 7 heteroatoms. The van der Waals surface area contributed by atoms with Crippen molar-refractivity contribution < 1.29 is 0 Å². The maximum absolute atomic E-state index is 4.75. The van der Waals surface area contributed by atoms with Crippen molar-refractivity contribution in [3.8, 4) is 0 Å². The Labute approximate surface area is 187 Å². The van der Waals surface area contributed by atoms with Crippen molar-refractivity contribution in [3.63, 3.8) is 0 Å². The summed E-state index contributed by atoms with van der Waals surface area (Å²) in [7, 11) is 0. The van der Waals surface area contributed by atoms with E-state index in [0.717, 1.165) is 29.3 Å². The minimum atomic E-state index is 0.276. The van der Waals surface area contributed by atoms with Gasteiger partial charge in [0.2, 0.25) is 0 Å². The fourth-order valence-electron chi connectivity index (χ4n) is 3.58.